The minimum absolute atomic E-state index is 0.140. The topological polar surface area (TPSA) is 99.6 Å². The molecule has 1 aromatic rings. The molecule has 0 aromatic carbocycles. The molecule has 2 amide bonds. The van der Waals surface area contributed by atoms with Crippen molar-refractivity contribution in [1.82, 2.24) is 15.2 Å². The number of aromatic nitrogens is 1. The maximum Gasteiger partial charge on any atom is 0.354 e. The molecule has 0 aliphatic carbocycles. The summed E-state index contributed by atoms with van der Waals surface area (Å²) in [6.45, 7) is 6.49. The molecule has 0 radical (unpaired) electrons. The van der Waals surface area contributed by atoms with Crippen molar-refractivity contribution in [3.05, 3.63) is 29.6 Å². The molecular formula is C14H19N3O4. The van der Waals surface area contributed by atoms with Gasteiger partial charge in [0, 0.05) is 19.3 Å². The summed E-state index contributed by atoms with van der Waals surface area (Å²) in [5.74, 6) is -1.79. The molecule has 0 aliphatic heterocycles. The van der Waals surface area contributed by atoms with E-state index >= 15 is 0 Å². The monoisotopic (exact) mass is 293 g/mol. The quantitative estimate of drug-likeness (QED) is 0.807. The van der Waals surface area contributed by atoms with Crippen LogP contribution < -0.4 is 5.32 Å². The zero-order valence-electron chi connectivity index (χ0n) is 12.3. The van der Waals surface area contributed by atoms with Gasteiger partial charge in [-0.15, -0.1) is 0 Å². The zero-order chi connectivity index (χ0) is 16.0. The smallest absolute Gasteiger partial charge is 0.354 e. The molecule has 1 heterocycles. The number of likely N-dealkylation sites (N-methyl/N-ethyl adjacent to an activating group) is 1. The van der Waals surface area contributed by atoms with E-state index in [4.69, 9.17) is 5.11 Å². The van der Waals surface area contributed by atoms with E-state index in [2.05, 4.69) is 10.3 Å². The highest BCUT2D eigenvalue weighted by Gasteiger charge is 2.20. The molecule has 0 bridgehead atoms. The molecule has 1 rings (SSSR count). The van der Waals surface area contributed by atoms with E-state index in [-0.39, 0.29) is 17.2 Å². The summed E-state index contributed by atoms with van der Waals surface area (Å²) in [7, 11) is 0. The van der Waals surface area contributed by atoms with Crippen LogP contribution in [0.15, 0.2) is 18.3 Å². The predicted molar refractivity (Wildman–Crippen MR) is 76.1 cm³/mol. The van der Waals surface area contributed by atoms with Gasteiger partial charge < -0.3 is 15.3 Å². The Morgan fingerprint density at radius 2 is 1.90 bits per heavy atom. The molecule has 1 aromatic heterocycles. The predicted octanol–water partition coefficient (Wildman–Crippen LogP) is 0.766. The Hall–Kier alpha value is -2.44. The van der Waals surface area contributed by atoms with E-state index in [1.165, 1.54) is 18.3 Å². The Labute approximate surface area is 123 Å². The van der Waals surface area contributed by atoms with Gasteiger partial charge in [-0.1, -0.05) is 0 Å². The first kappa shape index (κ1) is 16.6. The van der Waals surface area contributed by atoms with Gasteiger partial charge in [-0.05, 0) is 32.9 Å². The Bertz CT molecular complexity index is 524. The van der Waals surface area contributed by atoms with Gasteiger partial charge in [0.05, 0.1) is 5.56 Å². The van der Waals surface area contributed by atoms with Crippen LogP contribution in [-0.4, -0.2) is 51.9 Å². The highest BCUT2D eigenvalue weighted by atomic mass is 16.4. The summed E-state index contributed by atoms with van der Waals surface area (Å²) in [5.41, 5.74) is 0.0676. The fourth-order valence-corrected chi connectivity index (χ4v) is 1.81. The van der Waals surface area contributed by atoms with Crippen LogP contribution >= 0.6 is 0 Å². The Kier molecular flexibility index (Phi) is 5.83. The lowest BCUT2D eigenvalue weighted by atomic mass is 10.2. The van der Waals surface area contributed by atoms with Crippen molar-refractivity contribution in [2.24, 2.45) is 0 Å². The summed E-state index contributed by atoms with van der Waals surface area (Å²) in [5, 5.41) is 11.3. The standard InChI is InChI=1S/C14H19N3O4/c1-4-17(5-2)13(19)9(3)16-12(18)10-6-7-11(14(20)21)15-8-10/h6-9H,4-5H2,1-3H3,(H,16,18)(H,20,21). The molecule has 0 spiro atoms. The number of aromatic carboxylic acids is 1. The maximum absolute atomic E-state index is 12.0. The second kappa shape index (κ2) is 7.37. The number of carbonyl (C=O) groups excluding carboxylic acids is 2. The van der Waals surface area contributed by atoms with E-state index in [1.807, 2.05) is 13.8 Å². The molecule has 0 saturated heterocycles. The fraction of sp³-hybridized carbons (Fsp3) is 0.429. The van der Waals surface area contributed by atoms with Gasteiger partial charge in [-0.3, -0.25) is 9.59 Å². The van der Waals surface area contributed by atoms with Crippen LogP contribution in [0.25, 0.3) is 0 Å². The molecule has 0 aliphatic rings. The van der Waals surface area contributed by atoms with Gasteiger partial charge in [0.2, 0.25) is 5.91 Å². The Morgan fingerprint density at radius 1 is 1.29 bits per heavy atom. The van der Waals surface area contributed by atoms with Crippen molar-refractivity contribution in [1.29, 1.82) is 0 Å². The Balaban J connectivity index is 2.72. The third-order valence-electron chi connectivity index (χ3n) is 3.04. The first-order chi connectivity index (χ1) is 9.90. The van der Waals surface area contributed by atoms with Crippen molar-refractivity contribution in [2.75, 3.05) is 13.1 Å². The molecule has 0 saturated carbocycles. The van der Waals surface area contributed by atoms with E-state index in [9.17, 15) is 14.4 Å². The van der Waals surface area contributed by atoms with Crippen LogP contribution in [0.4, 0.5) is 0 Å². The lowest BCUT2D eigenvalue weighted by Gasteiger charge is -2.23. The van der Waals surface area contributed by atoms with E-state index in [0.717, 1.165) is 0 Å². The van der Waals surface area contributed by atoms with Crippen molar-refractivity contribution in [3.8, 4) is 0 Å². The average molecular weight is 293 g/mol. The summed E-state index contributed by atoms with van der Waals surface area (Å²) >= 11 is 0. The van der Waals surface area contributed by atoms with Crippen molar-refractivity contribution in [3.63, 3.8) is 0 Å². The van der Waals surface area contributed by atoms with E-state index in [0.29, 0.717) is 13.1 Å². The zero-order valence-corrected chi connectivity index (χ0v) is 12.3. The van der Waals surface area contributed by atoms with Gasteiger partial charge in [0.15, 0.2) is 0 Å². The third-order valence-corrected chi connectivity index (χ3v) is 3.04. The number of hydrogen-bond acceptors (Lipinski definition) is 4. The number of rotatable bonds is 6. The minimum atomic E-state index is -1.16. The number of carboxylic acid groups (broad SMARTS) is 1. The molecule has 21 heavy (non-hydrogen) atoms. The third kappa shape index (κ3) is 4.27. The summed E-state index contributed by atoms with van der Waals surface area (Å²) in [6, 6.07) is 1.95. The van der Waals surface area contributed by atoms with Crippen LogP contribution in [0.5, 0.6) is 0 Å². The second-order valence-corrected chi connectivity index (χ2v) is 4.44. The SMILES string of the molecule is CCN(CC)C(=O)C(C)NC(=O)c1ccc(C(=O)O)nc1. The number of carboxylic acids is 1. The van der Waals surface area contributed by atoms with E-state index in [1.54, 1.807) is 11.8 Å². The van der Waals surface area contributed by atoms with Crippen molar-refractivity contribution in [2.45, 2.75) is 26.8 Å². The first-order valence-corrected chi connectivity index (χ1v) is 6.69. The maximum atomic E-state index is 12.0. The largest absolute Gasteiger partial charge is 0.477 e. The molecule has 1 unspecified atom stereocenters. The van der Waals surface area contributed by atoms with Crippen LogP contribution in [0.3, 0.4) is 0 Å². The van der Waals surface area contributed by atoms with E-state index < -0.39 is 17.9 Å². The summed E-state index contributed by atoms with van der Waals surface area (Å²) in [4.78, 5) is 40.0. The molecule has 1 atom stereocenters. The molecule has 7 heteroatoms. The highest BCUT2D eigenvalue weighted by Crippen LogP contribution is 2.02. The average Bonchev–Trinajstić information content (AvgIpc) is 2.48. The highest BCUT2D eigenvalue weighted by molar-refractivity contribution is 5.97. The molecule has 2 N–H and O–H groups in total. The van der Waals surface area contributed by atoms with Crippen LogP contribution in [0, 0.1) is 0 Å². The second-order valence-electron chi connectivity index (χ2n) is 4.44. The van der Waals surface area contributed by atoms with Crippen LogP contribution in [0.2, 0.25) is 0 Å². The molecule has 0 fully saturated rings. The van der Waals surface area contributed by atoms with Gasteiger partial charge >= 0.3 is 5.97 Å². The van der Waals surface area contributed by atoms with Crippen molar-refractivity contribution >= 4 is 17.8 Å². The lowest BCUT2D eigenvalue weighted by Crippen LogP contribution is -2.46. The van der Waals surface area contributed by atoms with Crippen LogP contribution in [-0.2, 0) is 4.79 Å². The Morgan fingerprint density at radius 3 is 2.33 bits per heavy atom. The normalized spacial score (nSPS) is 11.6. The number of hydrogen-bond donors (Lipinski definition) is 2. The number of carbonyl (C=O) groups is 3. The van der Waals surface area contributed by atoms with Gasteiger partial charge in [-0.2, -0.15) is 0 Å². The summed E-state index contributed by atoms with van der Waals surface area (Å²) in [6.07, 6.45) is 1.17. The number of nitrogens with zero attached hydrogens (tertiary/aromatic N) is 2. The molecule has 114 valence electrons. The van der Waals surface area contributed by atoms with Gasteiger partial charge in [-0.25, -0.2) is 9.78 Å². The number of nitrogens with one attached hydrogen (secondary N) is 1. The first-order valence-electron chi connectivity index (χ1n) is 6.69. The number of amides is 2. The summed E-state index contributed by atoms with van der Waals surface area (Å²) < 4.78 is 0. The van der Waals surface area contributed by atoms with Gasteiger partial charge in [0.25, 0.3) is 5.91 Å². The van der Waals surface area contributed by atoms with Crippen molar-refractivity contribution < 1.29 is 19.5 Å². The minimum Gasteiger partial charge on any atom is -0.477 e. The van der Waals surface area contributed by atoms with Gasteiger partial charge in [0.1, 0.15) is 11.7 Å². The molecule has 7 nitrogen and oxygen atoms in total. The lowest BCUT2D eigenvalue weighted by molar-refractivity contribution is -0.132. The molecular weight excluding hydrogens is 274 g/mol. The van der Waals surface area contributed by atoms with Crippen LogP contribution in [0.1, 0.15) is 41.6 Å². The number of pyridine rings is 1. The fourth-order valence-electron chi connectivity index (χ4n) is 1.81.